The van der Waals surface area contributed by atoms with E-state index in [1.807, 2.05) is 10.8 Å². The van der Waals surface area contributed by atoms with Gasteiger partial charge in [0.25, 0.3) is 5.56 Å². The quantitative estimate of drug-likeness (QED) is 0.750. The first-order chi connectivity index (χ1) is 10.8. The lowest BCUT2D eigenvalue weighted by Gasteiger charge is -2.23. The Balaban J connectivity index is 1.64. The Labute approximate surface area is 131 Å². The third-order valence-corrected chi connectivity index (χ3v) is 6.24. The molecule has 3 heterocycles. The number of thiophene rings is 1. The van der Waals surface area contributed by atoms with Crippen molar-refractivity contribution in [2.45, 2.75) is 44.6 Å². The number of nitrogens with zero attached hydrogens (tertiary/aromatic N) is 3. The Hall–Kier alpha value is -1.95. The van der Waals surface area contributed by atoms with E-state index in [0.717, 1.165) is 42.3 Å². The molecule has 0 bridgehead atoms. The van der Waals surface area contributed by atoms with Crippen LogP contribution < -0.4 is 5.56 Å². The van der Waals surface area contributed by atoms with Crippen molar-refractivity contribution in [2.24, 2.45) is 0 Å². The molecule has 5 rings (SSSR count). The van der Waals surface area contributed by atoms with Gasteiger partial charge in [0.1, 0.15) is 4.83 Å². The minimum absolute atomic E-state index is 0.150. The summed E-state index contributed by atoms with van der Waals surface area (Å²) in [5.74, 6) is 0. The normalized spacial score (nSPS) is 20.3. The lowest BCUT2D eigenvalue weighted by Crippen LogP contribution is -2.29. The minimum atomic E-state index is 0.150. The van der Waals surface area contributed by atoms with Crippen molar-refractivity contribution in [2.75, 3.05) is 0 Å². The van der Waals surface area contributed by atoms with Crippen LogP contribution in [0.15, 0.2) is 17.3 Å². The maximum Gasteiger partial charge on any atom is 0.262 e. The summed E-state index contributed by atoms with van der Waals surface area (Å²) < 4.78 is 1.86. The molecule has 3 aromatic heterocycles. The predicted octanol–water partition coefficient (Wildman–Crippen LogP) is 2.40. The lowest BCUT2D eigenvalue weighted by atomic mass is 9.93. The molecule has 22 heavy (non-hydrogen) atoms. The maximum atomic E-state index is 13.0. The van der Waals surface area contributed by atoms with Gasteiger partial charge < -0.3 is 0 Å². The minimum Gasteiger partial charge on any atom is -0.295 e. The maximum absolute atomic E-state index is 13.0. The fourth-order valence-electron chi connectivity index (χ4n) is 3.88. The number of fused-ring (bicyclic) bond motifs is 4. The zero-order chi connectivity index (χ0) is 14.7. The standard InChI is InChI=1S/C16H16N4OS/c21-16-14-11-2-1-3-13(11)22-15(14)17-8-20(16)10-5-4-9-7-18-19-12(9)6-10/h7-8,10H,1-6H2,(H,18,19). The molecule has 0 saturated heterocycles. The molecular formula is C16H16N4OS. The molecule has 1 atom stereocenters. The van der Waals surface area contributed by atoms with Gasteiger partial charge in [-0.15, -0.1) is 11.3 Å². The summed E-state index contributed by atoms with van der Waals surface area (Å²) in [6.45, 7) is 0. The van der Waals surface area contributed by atoms with E-state index < -0.39 is 0 Å². The average molecular weight is 312 g/mol. The van der Waals surface area contributed by atoms with Crippen LogP contribution in [0.3, 0.4) is 0 Å². The van der Waals surface area contributed by atoms with Crippen LogP contribution in [-0.2, 0) is 25.7 Å². The molecule has 0 spiro atoms. The van der Waals surface area contributed by atoms with Crippen molar-refractivity contribution in [3.8, 4) is 0 Å². The fourth-order valence-corrected chi connectivity index (χ4v) is 5.10. The van der Waals surface area contributed by atoms with Gasteiger partial charge in [0.2, 0.25) is 0 Å². The van der Waals surface area contributed by atoms with Crippen molar-refractivity contribution in [1.82, 2.24) is 19.7 Å². The van der Waals surface area contributed by atoms with Crippen LogP contribution in [0.1, 0.15) is 40.6 Å². The molecule has 0 aromatic carbocycles. The Morgan fingerprint density at radius 2 is 2.27 bits per heavy atom. The summed E-state index contributed by atoms with van der Waals surface area (Å²) in [7, 11) is 0. The zero-order valence-corrected chi connectivity index (χ0v) is 12.9. The van der Waals surface area contributed by atoms with E-state index in [-0.39, 0.29) is 11.6 Å². The highest BCUT2D eigenvalue weighted by molar-refractivity contribution is 7.18. The summed E-state index contributed by atoms with van der Waals surface area (Å²) >= 11 is 1.71. The molecule has 0 fully saturated rings. The van der Waals surface area contributed by atoms with Gasteiger partial charge in [-0.2, -0.15) is 5.10 Å². The molecule has 0 radical (unpaired) electrons. The molecule has 112 valence electrons. The van der Waals surface area contributed by atoms with E-state index >= 15 is 0 Å². The van der Waals surface area contributed by atoms with E-state index in [4.69, 9.17) is 0 Å². The van der Waals surface area contributed by atoms with Crippen LogP contribution in [0.4, 0.5) is 0 Å². The number of H-pyrrole nitrogens is 1. The van der Waals surface area contributed by atoms with Crippen LogP contribution in [0, 0.1) is 0 Å². The van der Waals surface area contributed by atoms with Crippen molar-refractivity contribution >= 4 is 21.6 Å². The van der Waals surface area contributed by atoms with Crippen molar-refractivity contribution in [3.63, 3.8) is 0 Å². The largest absolute Gasteiger partial charge is 0.295 e. The molecule has 1 unspecified atom stereocenters. The summed E-state index contributed by atoms with van der Waals surface area (Å²) in [5.41, 5.74) is 3.87. The highest BCUT2D eigenvalue weighted by Gasteiger charge is 2.26. The molecule has 2 aliphatic rings. The Morgan fingerprint density at radius 3 is 3.23 bits per heavy atom. The van der Waals surface area contributed by atoms with Gasteiger partial charge >= 0.3 is 0 Å². The van der Waals surface area contributed by atoms with Gasteiger partial charge in [-0.05, 0) is 43.2 Å². The number of nitrogens with one attached hydrogen (secondary N) is 1. The van der Waals surface area contributed by atoms with Crippen LogP contribution in [0.5, 0.6) is 0 Å². The van der Waals surface area contributed by atoms with Gasteiger partial charge in [0, 0.05) is 23.0 Å². The van der Waals surface area contributed by atoms with Gasteiger partial charge in [0.15, 0.2) is 0 Å². The number of aromatic nitrogens is 4. The first-order valence-corrected chi connectivity index (χ1v) is 8.65. The van der Waals surface area contributed by atoms with E-state index in [2.05, 4.69) is 15.2 Å². The summed E-state index contributed by atoms with van der Waals surface area (Å²) in [6, 6.07) is 0.189. The van der Waals surface area contributed by atoms with Crippen LogP contribution in [0.25, 0.3) is 10.2 Å². The second-order valence-corrected chi connectivity index (χ2v) is 7.35. The van der Waals surface area contributed by atoms with Crippen LogP contribution in [0.2, 0.25) is 0 Å². The number of rotatable bonds is 1. The van der Waals surface area contributed by atoms with E-state index in [9.17, 15) is 4.79 Å². The monoisotopic (exact) mass is 312 g/mol. The highest BCUT2D eigenvalue weighted by atomic mass is 32.1. The van der Waals surface area contributed by atoms with Gasteiger partial charge in [0.05, 0.1) is 17.9 Å². The average Bonchev–Trinajstić information content (AvgIpc) is 3.21. The Kier molecular flexibility index (Phi) is 2.59. The van der Waals surface area contributed by atoms with Gasteiger partial charge in [-0.1, -0.05) is 0 Å². The molecule has 2 aliphatic carbocycles. The van der Waals surface area contributed by atoms with Gasteiger partial charge in [-0.25, -0.2) is 4.98 Å². The molecule has 0 saturated carbocycles. The molecule has 1 N–H and O–H groups in total. The second-order valence-electron chi connectivity index (χ2n) is 6.26. The van der Waals surface area contributed by atoms with Crippen LogP contribution >= 0.6 is 11.3 Å². The molecular weight excluding hydrogens is 296 g/mol. The molecule has 0 aliphatic heterocycles. The number of hydrogen-bond acceptors (Lipinski definition) is 4. The second kappa shape index (κ2) is 4.52. The summed E-state index contributed by atoms with van der Waals surface area (Å²) in [5, 5.41) is 8.07. The topological polar surface area (TPSA) is 63.6 Å². The van der Waals surface area contributed by atoms with Crippen LogP contribution in [-0.4, -0.2) is 19.7 Å². The van der Waals surface area contributed by atoms with Crippen molar-refractivity contribution in [3.05, 3.63) is 44.6 Å². The lowest BCUT2D eigenvalue weighted by molar-refractivity contribution is 0.425. The third kappa shape index (κ3) is 1.67. The SMILES string of the molecule is O=c1c2c3c(sc2ncn1C1CCc2cn[nH]c2C1)CCC3. The van der Waals surface area contributed by atoms with Crippen molar-refractivity contribution in [1.29, 1.82) is 0 Å². The first kappa shape index (κ1) is 12.6. The molecule has 0 amide bonds. The Bertz CT molecular complexity index is 935. The molecule has 6 heteroatoms. The first-order valence-electron chi connectivity index (χ1n) is 7.84. The van der Waals surface area contributed by atoms with E-state index in [0.29, 0.717) is 0 Å². The fraction of sp³-hybridized carbons (Fsp3) is 0.438. The third-order valence-electron chi connectivity index (χ3n) is 5.04. The number of aryl methyl sites for hydroxylation is 3. The Morgan fingerprint density at radius 1 is 1.32 bits per heavy atom. The molecule has 3 aromatic rings. The number of hydrogen-bond donors (Lipinski definition) is 1. The van der Waals surface area contributed by atoms with E-state index in [1.54, 1.807) is 17.7 Å². The van der Waals surface area contributed by atoms with Crippen molar-refractivity contribution < 1.29 is 0 Å². The van der Waals surface area contributed by atoms with Gasteiger partial charge in [-0.3, -0.25) is 14.5 Å². The van der Waals surface area contributed by atoms with E-state index in [1.165, 1.54) is 28.1 Å². The number of aromatic amines is 1. The summed E-state index contributed by atoms with van der Waals surface area (Å²) in [4.78, 5) is 19.9. The zero-order valence-electron chi connectivity index (χ0n) is 12.1. The highest BCUT2D eigenvalue weighted by Crippen LogP contribution is 2.35. The predicted molar refractivity (Wildman–Crippen MR) is 85.6 cm³/mol. The summed E-state index contributed by atoms with van der Waals surface area (Å²) in [6.07, 6.45) is 9.77. The molecule has 5 nitrogen and oxygen atoms in total. The smallest absolute Gasteiger partial charge is 0.262 e.